The van der Waals surface area contributed by atoms with Crippen molar-refractivity contribution in [2.75, 3.05) is 32.8 Å². The second kappa shape index (κ2) is 12.7. The van der Waals surface area contributed by atoms with Crippen molar-refractivity contribution in [1.82, 2.24) is 9.21 Å². The van der Waals surface area contributed by atoms with E-state index in [0.29, 0.717) is 50.9 Å². The number of ether oxygens (including phenoxy) is 1. The molecule has 2 aromatic carbocycles. The first-order valence-electron chi connectivity index (χ1n) is 12.7. The lowest BCUT2D eigenvalue weighted by Gasteiger charge is -2.32. The van der Waals surface area contributed by atoms with Gasteiger partial charge in [-0.05, 0) is 60.4 Å². The molecule has 0 unspecified atom stereocenters. The normalized spacial score (nSPS) is 15.3. The number of rotatable bonds is 11. The highest BCUT2D eigenvalue weighted by Gasteiger charge is 2.27. The molecular formula is C28H40N2O4S. The predicted octanol–water partition coefficient (Wildman–Crippen LogP) is 5.06. The number of benzene rings is 2. The third-order valence-electron chi connectivity index (χ3n) is 6.24. The van der Waals surface area contributed by atoms with Gasteiger partial charge in [0.05, 0.1) is 11.5 Å². The van der Waals surface area contributed by atoms with E-state index in [1.807, 2.05) is 50.8 Å². The Hall–Kier alpha value is -2.22. The van der Waals surface area contributed by atoms with Crippen molar-refractivity contribution in [3.8, 4) is 0 Å². The molecule has 1 saturated heterocycles. The number of carbonyl (C=O) groups is 1. The smallest absolute Gasteiger partial charge is 0.253 e. The van der Waals surface area contributed by atoms with Gasteiger partial charge in [0.2, 0.25) is 10.0 Å². The van der Waals surface area contributed by atoms with E-state index in [2.05, 4.69) is 12.1 Å². The van der Waals surface area contributed by atoms with Crippen LogP contribution in [0.1, 0.15) is 56.5 Å². The van der Waals surface area contributed by atoms with Crippen molar-refractivity contribution in [1.29, 1.82) is 0 Å². The van der Waals surface area contributed by atoms with Crippen LogP contribution < -0.4 is 0 Å². The van der Waals surface area contributed by atoms with Crippen LogP contribution in [0, 0.1) is 17.8 Å². The Morgan fingerprint density at radius 3 is 2.06 bits per heavy atom. The highest BCUT2D eigenvalue weighted by molar-refractivity contribution is 7.89. The highest BCUT2D eigenvalue weighted by atomic mass is 32.2. The van der Waals surface area contributed by atoms with Gasteiger partial charge < -0.3 is 9.64 Å². The molecule has 6 nitrogen and oxygen atoms in total. The van der Waals surface area contributed by atoms with Crippen LogP contribution >= 0.6 is 0 Å². The predicted molar refractivity (Wildman–Crippen MR) is 140 cm³/mol. The van der Waals surface area contributed by atoms with Crippen molar-refractivity contribution < 1.29 is 17.9 Å². The van der Waals surface area contributed by atoms with Gasteiger partial charge in [-0.2, -0.15) is 4.31 Å². The molecule has 7 heteroatoms. The van der Waals surface area contributed by atoms with Crippen molar-refractivity contribution in [2.45, 2.75) is 52.0 Å². The minimum absolute atomic E-state index is 0.0428. The maximum atomic E-state index is 13.2. The van der Waals surface area contributed by atoms with E-state index in [4.69, 9.17) is 4.74 Å². The van der Waals surface area contributed by atoms with Crippen LogP contribution in [0.3, 0.4) is 0 Å². The van der Waals surface area contributed by atoms with E-state index >= 15 is 0 Å². The molecule has 1 aliphatic rings. The van der Waals surface area contributed by atoms with Gasteiger partial charge in [0, 0.05) is 38.3 Å². The molecule has 192 valence electrons. The molecule has 0 N–H and O–H groups in total. The first kappa shape index (κ1) is 27.4. The fourth-order valence-corrected chi connectivity index (χ4v) is 6.17. The quantitative estimate of drug-likeness (QED) is 0.433. The molecule has 0 aromatic heterocycles. The SMILES string of the molecule is CC(C)CN(CC(C)C)S(=O)(=O)c1ccc(C(=O)N2CCC(COCc3ccccc3)CC2)cc1. The second-order valence-electron chi connectivity index (χ2n) is 10.4. The Labute approximate surface area is 211 Å². The summed E-state index contributed by atoms with van der Waals surface area (Å²) >= 11 is 0. The summed E-state index contributed by atoms with van der Waals surface area (Å²) in [6, 6.07) is 16.6. The van der Waals surface area contributed by atoms with Gasteiger partial charge in [-0.3, -0.25) is 4.79 Å². The van der Waals surface area contributed by atoms with E-state index in [1.165, 1.54) is 5.56 Å². The van der Waals surface area contributed by atoms with Crippen molar-refractivity contribution >= 4 is 15.9 Å². The summed E-state index contributed by atoms with van der Waals surface area (Å²) in [6.07, 6.45) is 1.82. The lowest BCUT2D eigenvalue weighted by atomic mass is 9.97. The number of sulfonamides is 1. The zero-order valence-corrected chi connectivity index (χ0v) is 22.3. The minimum atomic E-state index is -3.60. The molecule has 1 aliphatic heterocycles. The Kier molecular flexibility index (Phi) is 9.89. The van der Waals surface area contributed by atoms with Gasteiger partial charge in [-0.15, -0.1) is 0 Å². The summed E-state index contributed by atoms with van der Waals surface area (Å²) in [5, 5.41) is 0. The van der Waals surface area contributed by atoms with E-state index in [9.17, 15) is 13.2 Å². The molecule has 0 radical (unpaired) electrons. The summed E-state index contributed by atoms with van der Waals surface area (Å²) in [4.78, 5) is 15.1. The number of likely N-dealkylation sites (tertiary alicyclic amines) is 1. The third-order valence-corrected chi connectivity index (χ3v) is 8.09. The number of piperidine rings is 1. The lowest BCUT2D eigenvalue weighted by Crippen LogP contribution is -2.39. The molecule has 0 bridgehead atoms. The Bertz CT molecular complexity index is 1020. The summed E-state index contributed by atoms with van der Waals surface area (Å²) in [7, 11) is -3.60. The summed E-state index contributed by atoms with van der Waals surface area (Å²) in [6.45, 7) is 11.7. The molecule has 35 heavy (non-hydrogen) atoms. The molecule has 2 aromatic rings. The third kappa shape index (κ3) is 7.89. The van der Waals surface area contributed by atoms with Crippen LogP contribution in [0.25, 0.3) is 0 Å². The largest absolute Gasteiger partial charge is 0.376 e. The maximum absolute atomic E-state index is 13.2. The Morgan fingerprint density at radius 1 is 0.943 bits per heavy atom. The van der Waals surface area contributed by atoms with Gasteiger partial charge in [0.25, 0.3) is 5.91 Å². The van der Waals surface area contributed by atoms with E-state index in [1.54, 1.807) is 28.6 Å². The van der Waals surface area contributed by atoms with E-state index in [-0.39, 0.29) is 22.6 Å². The monoisotopic (exact) mass is 500 g/mol. The standard InChI is InChI=1S/C28H40N2O4S/c1-22(2)18-30(19-23(3)4)35(32,33)27-12-10-26(11-13-27)28(31)29-16-14-25(15-17-29)21-34-20-24-8-6-5-7-9-24/h5-13,22-23,25H,14-21H2,1-4H3. The van der Waals surface area contributed by atoms with Crippen LogP contribution in [-0.4, -0.2) is 56.3 Å². The average molecular weight is 501 g/mol. The first-order valence-corrected chi connectivity index (χ1v) is 14.1. The number of carbonyl (C=O) groups excluding carboxylic acids is 1. The summed E-state index contributed by atoms with van der Waals surface area (Å²) in [5.41, 5.74) is 1.70. The van der Waals surface area contributed by atoms with Crippen LogP contribution in [0.2, 0.25) is 0 Å². The van der Waals surface area contributed by atoms with Crippen LogP contribution in [0.5, 0.6) is 0 Å². The fraction of sp³-hybridized carbons (Fsp3) is 0.536. The minimum Gasteiger partial charge on any atom is -0.376 e. The fourth-order valence-electron chi connectivity index (χ4n) is 4.41. The van der Waals surface area contributed by atoms with Gasteiger partial charge in [-0.25, -0.2) is 8.42 Å². The molecule has 0 saturated carbocycles. The van der Waals surface area contributed by atoms with Crippen molar-refractivity contribution in [3.63, 3.8) is 0 Å². The topological polar surface area (TPSA) is 66.9 Å². The van der Waals surface area contributed by atoms with E-state index in [0.717, 1.165) is 12.8 Å². The van der Waals surface area contributed by atoms with Gasteiger partial charge >= 0.3 is 0 Å². The molecule has 0 spiro atoms. The van der Waals surface area contributed by atoms with Gasteiger partial charge in [0.1, 0.15) is 0 Å². The van der Waals surface area contributed by atoms with E-state index < -0.39 is 10.0 Å². The molecule has 0 aliphatic carbocycles. The molecule has 1 fully saturated rings. The van der Waals surface area contributed by atoms with Crippen LogP contribution in [0.4, 0.5) is 0 Å². The number of hydrogen-bond acceptors (Lipinski definition) is 4. The second-order valence-corrected chi connectivity index (χ2v) is 12.3. The molecule has 1 heterocycles. The lowest BCUT2D eigenvalue weighted by molar-refractivity contribution is 0.0478. The van der Waals surface area contributed by atoms with Crippen molar-refractivity contribution in [3.05, 3.63) is 65.7 Å². The first-order chi connectivity index (χ1) is 16.7. The zero-order chi connectivity index (χ0) is 25.4. The Morgan fingerprint density at radius 2 is 1.51 bits per heavy atom. The number of amides is 1. The molecule has 0 atom stereocenters. The van der Waals surface area contributed by atoms with Gasteiger partial charge in [0.15, 0.2) is 0 Å². The zero-order valence-electron chi connectivity index (χ0n) is 21.5. The Balaban J connectivity index is 1.54. The summed E-state index contributed by atoms with van der Waals surface area (Å²) < 4.78 is 33.9. The highest BCUT2D eigenvalue weighted by Crippen LogP contribution is 2.22. The summed E-state index contributed by atoms with van der Waals surface area (Å²) in [5.74, 6) is 0.870. The van der Waals surface area contributed by atoms with Crippen LogP contribution in [-0.2, 0) is 21.4 Å². The molecular weight excluding hydrogens is 460 g/mol. The van der Waals surface area contributed by atoms with Gasteiger partial charge in [-0.1, -0.05) is 58.0 Å². The van der Waals surface area contributed by atoms with Crippen LogP contribution in [0.15, 0.2) is 59.5 Å². The number of nitrogens with zero attached hydrogens (tertiary/aromatic N) is 2. The maximum Gasteiger partial charge on any atom is 0.253 e. The average Bonchev–Trinajstić information content (AvgIpc) is 2.84. The molecule has 3 rings (SSSR count). The van der Waals surface area contributed by atoms with Crippen molar-refractivity contribution in [2.24, 2.45) is 17.8 Å². The molecule has 1 amide bonds. The number of hydrogen-bond donors (Lipinski definition) is 0.